The van der Waals surface area contributed by atoms with E-state index in [4.69, 9.17) is 0 Å². The number of carbonyl (C=O) groups is 1. The number of nitrogens with zero attached hydrogens (tertiary/aromatic N) is 3. The first kappa shape index (κ1) is 23.8. The van der Waals surface area contributed by atoms with E-state index < -0.39 is 0 Å². The minimum Gasteiger partial charge on any atom is -0.303 e. The summed E-state index contributed by atoms with van der Waals surface area (Å²) >= 11 is 3.12. The molecule has 7 heteroatoms. The van der Waals surface area contributed by atoms with Gasteiger partial charge in [-0.25, -0.2) is 0 Å². The number of carbonyl (C=O) groups excluding carboxylic acids is 1. The molecule has 1 aromatic carbocycles. The quantitative estimate of drug-likeness (QED) is 0.233. The lowest BCUT2D eigenvalue weighted by atomic mass is 10.0. The fraction of sp³-hybridized carbons (Fsp3) is 0.591. The smallest absolute Gasteiger partial charge is 0.257 e. The second-order valence-corrected chi connectivity index (χ2v) is 9.38. The van der Waals surface area contributed by atoms with Gasteiger partial charge in [0.2, 0.25) is 5.13 Å². The number of amides is 1. The monoisotopic (exact) mass is 434 g/mol. The molecule has 1 aromatic heterocycles. The molecule has 0 unspecified atom stereocenters. The molecule has 2 aromatic rings. The van der Waals surface area contributed by atoms with Gasteiger partial charge in [-0.05, 0) is 43.6 Å². The van der Waals surface area contributed by atoms with Crippen molar-refractivity contribution in [2.75, 3.05) is 30.7 Å². The van der Waals surface area contributed by atoms with Gasteiger partial charge in [0, 0.05) is 17.9 Å². The maximum atomic E-state index is 12.5. The number of hydrogen-bond donors (Lipinski definition) is 1. The Balaban J connectivity index is 1.76. The van der Waals surface area contributed by atoms with Crippen LogP contribution < -0.4 is 5.32 Å². The number of hydrogen-bond acceptors (Lipinski definition) is 6. The van der Waals surface area contributed by atoms with Crippen molar-refractivity contribution in [3.8, 4) is 0 Å². The highest BCUT2D eigenvalue weighted by Gasteiger charge is 2.11. The van der Waals surface area contributed by atoms with Crippen molar-refractivity contribution < 1.29 is 4.79 Å². The predicted molar refractivity (Wildman–Crippen MR) is 125 cm³/mol. The third kappa shape index (κ3) is 8.84. The fourth-order valence-electron chi connectivity index (χ4n) is 3.05. The van der Waals surface area contributed by atoms with E-state index >= 15 is 0 Å². The SMILES string of the molecule is CCCCCCCc1ccc(C(=O)Nc2nnc(SCCN(CC)CC)s2)cc1. The third-order valence-corrected chi connectivity index (χ3v) is 6.89. The van der Waals surface area contributed by atoms with Crippen molar-refractivity contribution >= 4 is 34.1 Å². The average Bonchev–Trinajstić information content (AvgIpc) is 3.18. The summed E-state index contributed by atoms with van der Waals surface area (Å²) in [5.74, 6) is 0.847. The van der Waals surface area contributed by atoms with Crippen molar-refractivity contribution in [3.05, 3.63) is 35.4 Å². The van der Waals surface area contributed by atoms with Crippen molar-refractivity contribution in [2.45, 2.75) is 63.6 Å². The molecule has 0 saturated heterocycles. The molecule has 0 aliphatic rings. The Morgan fingerprint density at radius 2 is 1.76 bits per heavy atom. The van der Waals surface area contributed by atoms with E-state index in [0.717, 1.165) is 36.1 Å². The van der Waals surface area contributed by atoms with Crippen LogP contribution in [0.3, 0.4) is 0 Å². The number of aryl methyl sites for hydroxylation is 1. The molecule has 0 aliphatic heterocycles. The number of thioether (sulfide) groups is 1. The third-order valence-electron chi connectivity index (χ3n) is 4.94. The second kappa shape index (κ2) is 13.7. The normalized spacial score (nSPS) is 11.2. The van der Waals surface area contributed by atoms with Crippen LogP contribution in [0.4, 0.5) is 5.13 Å². The van der Waals surface area contributed by atoms with E-state index in [0.29, 0.717) is 10.7 Å². The Hall–Kier alpha value is -1.44. The molecule has 0 fully saturated rings. The number of unbranched alkanes of at least 4 members (excludes halogenated alkanes) is 4. The Labute approximate surface area is 183 Å². The highest BCUT2D eigenvalue weighted by atomic mass is 32.2. The lowest BCUT2D eigenvalue weighted by Crippen LogP contribution is -2.25. The number of benzene rings is 1. The second-order valence-electron chi connectivity index (χ2n) is 7.06. The first-order valence-electron chi connectivity index (χ1n) is 10.7. The van der Waals surface area contributed by atoms with Crippen LogP contribution in [-0.4, -0.2) is 46.4 Å². The summed E-state index contributed by atoms with van der Waals surface area (Å²) in [6.07, 6.45) is 7.48. The topological polar surface area (TPSA) is 58.1 Å². The molecule has 0 aliphatic carbocycles. The van der Waals surface area contributed by atoms with Gasteiger partial charge in [-0.3, -0.25) is 10.1 Å². The summed E-state index contributed by atoms with van der Waals surface area (Å²) in [4.78, 5) is 14.8. The van der Waals surface area contributed by atoms with Crippen molar-refractivity contribution in [1.82, 2.24) is 15.1 Å². The van der Waals surface area contributed by atoms with Gasteiger partial charge in [0.25, 0.3) is 5.91 Å². The van der Waals surface area contributed by atoms with Gasteiger partial charge in [0.05, 0.1) is 0 Å². The molecule has 0 spiro atoms. The van der Waals surface area contributed by atoms with E-state index in [1.54, 1.807) is 11.8 Å². The summed E-state index contributed by atoms with van der Waals surface area (Å²) in [5.41, 5.74) is 1.95. The van der Waals surface area contributed by atoms with E-state index in [9.17, 15) is 4.79 Å². The molecule has 160 valence electrons. The number of anilines is 1. The average molecular weight is 435 g/mol. The standard InChI is InChI=1S/C22H34N4OS2/c1-4-7-8-9-10-11-18-12-14-19(15-13-18)20(27)23-21-24-25-22(29-21)28-17-16-26(5-2)6-3/h12-15H,4-11,16-17H2,1-3H3,(H,23,24,27). The molecule has 1 heterocycles. The molecule has 0 saturated carbocycles. The number of nitrogens with one attached hydrogen (secondary N) is 1. The summed E-state index contributed by atoms with van der Waals surface area (Å²) in [6, 6.07) is 7.92. The van der Waals surface area contributed by atoms with Crippen molar-refractivity contribution in [1.29, 1.82) is 0 Å². The zero-order chi connectivity index (χ0) is 20.9. The van der Waals surface area contributed by atoms with Gasteiger partial charge < -0.3 is 4.90 Å². The van der Waals surface area contributed by atoms with Gasteiger partial charge in [-0.2, -0.15) is 0 Å². The molecule has 1 amide bonds. The largest absolute Gasteiger partial charge is 0.303 e. The molecule has 29 heavy (non-hydrogen) atoms. The molecule has 0 atom stereocenters. The van der Waals surface area contributed by atoms with Gasteiger partial charge in [0.1, 0.15) is 0 Å². The fourth-order valence-corrected chi connectivity index (χ4v) is 4.86. The first-order valence-corrected chi connectivity index (χ1v) is 12.5. The summed E-state index contributed by atoms with van der Waals surface area (Å²) in [6.45, 7) is 9.74. The number of aromatic nitrogens is 2. The van der Waals surface area contributed by atoms with Gasteiger partial charge in [0.15, 0.2) is 4.34 Å². The van der Waals surface area contributed by atoms with Crippen LogP contribution in [-0.2, 0) is 6.42 Å². The Kier molecular flexibility index (Phi) is 11.3. The maximum absolute atomic E-state index is 12.5. The molecule has 1 N–H and O–H groups in total. The van der Waals surface area contributed by atoms with Crippen LogP contribution in [0.2, 0.25) is 0 Å². The Morgan fingerprint density at radius 3 is 2.45 bits per heavy atom. The Morgan fingerprint density at radius 1 is 1.03 bits per heavy atom. The van der Waals surface area contributed by atoms with E-state index in [1.807, 2.05) is 12.1 Å². The summed E-state index contributed by atoms with van der Waals surface area (Å²) in [7, 11) is 0. The molecule has 0 bridgehead atoms. The van der Waals surface area contributed by atoms with Crippen LogP contribution in [0, 0.1) is 0 Å². The maximum Gasteiger partial charge on any atom is 0.257 e. The molecule has 2 rings (SSSR count). The summed E-state index contributed by atoms with van der Waals surface area (Å²) in [5, 5.41) is 11.7. The minimum atomic E-state index is -0.129. The van der Waals surface area contributed by atoms with E-state index in [2.05, 4.69) is 53.3 Å². The highest BCUT2D eigenvalue weighted by Crippen LogP contribution is 2.25. The number of rotatable bonds is 14. The van der Waals surface area contributed by atoms with Crippen LogP contribution >= 0.6 is 23.1 Å². The zero-order valence-electron chi connectivity index (χ0n) is 17.9. The summed E-state index contributed by atoms with van der Waals surface area (Å²) < 4.78 is 0.894. The lowest BCUT2D eigenvalue weighted by molar-refractivity contribution is 0.102. The van der Waals surface area contributed by atoms with E-state index in [1.165, 1.54) is 49.0 Å². The van der Waals surface area contributed by atoms with Crippen LogP contribution in [0.1, 0.15) is 68.8 Å². The zero-order valence-corrected chi connectivity index (χ0v) is 19.6. The van der Waals surface area contributed by atoms with Crippen molar-refractivity contribution in [3.63, 3.8) is 0 Å². The minimum absolute atomic E-state index is 0.129. The van der Waals surface area contributed by atoms with Crippen molar-refractivity contribution in [2.24, 2.45) is 0 Å². The van der Waals surface area contributed by atoms with E-state index in [-0.39, 0.29) is 5.91 Å². The lowest BCUT2D eigenvalue weighted by Gasteiger charge is -2.16. The molecule has 5 nitrogen and oxygen atoms in total. The first-order chi connectivity index (χ1) is 14.2. The molecule has 0 radical (unpaired) electrons. The highest BCUT2D eigenvalue weighted by molar-refractivity contribution is 8.01. The Bertz CT molecular complexity index is 714. The molecular weight excluding hydrogens is 400 g/mol. The van der Waals surface area contributed by atoms with Crippen LogP contribution in [0.15, 0.2) is 28.6 Å². The van der Waals surface area contributed by atoms with Crippen LogP contribution in [0.25, 0.3) is 0 Å². The molecular formula is C22H34N4OS2. The predicted octanol–water partition coefficient (Wildman–Crippen LogP) is 5.74. The van der Waals surface area contributed by atoms with Gasteiger partial charge >= 0.3 is 0 Å². The van der Waals surface area contributed by atoms with Gasteiger partial charge in [-0.15, -0.1) is 10.2 Å². The van der Waals surface area contributed by atoms with Crippen LogP contribution in [0.5, 0.6) is 0 Å². The van der Waals surface area contributed by atoms with Gasteiger partial charge in [-0.1, -0.05) is 81.7 Å².